The molecule has 0 radical (unpaired) electrons. The van der Waals surface area contributed by atoms with Crippen molar-refractivity contribution in [2.24, 2.45) is 0 Å². The summed E-state index contributed by atoms with van der Waals surface area (Å²) >= 11 is 0. The number of non-ortho nitro benzene ring substituents is 1. The van der Waals surface area contributed by atoms with Crippen LogP contribution in [-0.4, -0.2) is 46.5 Å². The largest absolute Gasteiger partial charge is 0.370 e. The average molecular weight is 340 g/mol. The van der Waals surface area contributed by atoms with E-state index in [0.29, 0.717) is 17.5 Å². The highest BCUT2D eigenvalue weighted by molar-refractivity contribution is 5.97. The Morgan fingerprint density at radius 2 is 1.96 bits per heavy atom. The molecular formula is C19H24N4O2. The average Bonchev–Trinajstić information content (AvgIpc) is 3.07. The fourth-order valence-corrected chi connectivity index (χ4v) is 4.49. The summed E-state index contributed by atoms with van der Waals surface area (Å²) in [5.41, 5.74) is 1.89. The second-order valence-electron chi connectivity index (χ2n) is 7.21. The first-order chi connectivity index (χ1) is 12.1. The molecule has 2 aliphatic heterocycles. The van der Waals surface area contributed by atoms with Gasteiger partial charge in [-0.1, -0.05) is 0 Å². The zero-order valence-corrected chi connectivity index (χ0v) is 14.6. The molecule has 0 saturated carbocycles. The predicted octanol–water partition coefficient (Wildman–Crippen LogP) is 3.60. The van der Waals surface area contributed by atoms with Gasteiger partial charge >= 0.3 is 0 Å². The standard InChI is InChI=1S/C19H24N4O2/c1-14-4-3-11-22(14)15-8-12-21(13-9-15)18-7-6-17(23(24)25)16-5-2-10-20-19(16)18/h2,5-7,10,14-15H,3-4,8-9,11-13H2,1H3. The zero-order valence-electron chi connectivity index (χ0n) is 14.6. The van der Waals surface area contributed by atoms with E-state index in [4.69, 9.17) is 0 Å². The van der Waals surface area contributed by atoms with E-state index in [0.717, 1.165) is 37.1 Å². The second kappa shape index (κ2) is 6.59. The Morgan fingerprint density at radius 1 is 1.16 bits per heavy atom. The molecule has 2 aliphatic rings. The molecule has 6 nitrogen and oxygen atoms in total. The van der Waals surface area contributed by atoms with Crippen molar-refractivity contribution in [2.75, 3.05) is 24.5 Å². The number of hydrogen-bond donors (Lipinski definition) is 0. The van der Waals surface area contributed by atoms with Gasteiger partial charge in [0.25, 0.3) is 5.69 Å². The van der Waals surface area contributed by atoms with Gasteiger partial charge in [-0.3, -0.25) is 20.0 Å². The molecule has 0 bridgehead atoms. The minimum atomic E-state index is -0.325. The molecule has 0 amide bonds. The van der Waals surface area contributed by atoms with E-state index in [1.165, 1.54) is 19.4 Å². The monoisotopic (exact) mass is 340 g/mol. The first kappa shape index (κ1) is 16.3. The lowest BCUT2D eigenvalue weighted by molar-refractivity contribution is -0.383. The molecule has 0 N–H and O–H groups in total. The van der Waals surface area contributed by atoms with E-state index in [2.05, 4.69) is 21.7 Å². The van der Waals surface area contributed by atoms with E-state index in [-0.39, 0.29) is 10.6 Å². The predicted molar refractivity (Wildman–Crippen MR) is 99.0 cm³/mol. The third kappa shape index (κ3) is 2.95. The van der Waals surface area contributed by atoms with Crippen molar-refractivity contribution in [3.63, 3.8) is 0 Å². The van der Waals surface area contributed by atoms with Gasteiger partial charge in [0.05, 0.1) is 16.0 Å². The SMILES string of the molecule is CC1CCCN1C1CCN(c2ccc([N+](=O)[O-])c3cccnc23)CC1. The van der Waals surface area contributed by atoms with Crippen LogP contribution < -0.4 is 4.90 Å². The Hall–Kier alpha value is -2.21. The fourth-order valence-electron chi connectivity index (χ4n) is 4.49. The number of likely N-dealkylation sites (tertiary alicyclic amines) is 1. The molecule has 132 valence electrons. The topological polar surface area (TPSA) is 62.5 Å². The van der Waals surface area contributed by atoms with Crippen LogP contribution in [0.2, 0.25) is 0 Å². The molecule has 0 spiro atoms. The molecule has 4 rings (SSSR count). The maximum atomic E-state index is 11.3. The Morgan fingerprint density at radius 3 is 2.64 bits per heavy atom. The first-order valence-electron chi connectivity index (χ1n) is 9.18. The number of piperidine rings is 1. The summed E-state index contributed by atoms with van der Waals surface area (Å²) in [7, 11) is 0. The summed E-state index contributed by atoms with van der Waals surface area (Å²) in [4.78, 5) is 20.4. The number of aromatic nitrogens is 1. The van der Waals surface area contributed by atoms with Crippen molar-refractivity contribution in [3.05, 3.63) is 40.6 Å². The molecular weight excluding hydrogens is 316 g/mol. The molecule has 3 heterocycles. The number of anilines is 1. The Balaban J connectivity index is 1.57. The number of rotatable bonds is 3. The Labute approximate surface area is 147 Å². The van der Waals surface area contributed by atoms with Crippen molar-refractivity contribution in [1.29, 1.82) is 0 Å². The number of benzene rings is 1. The summed E-state index contributed by atoms with van der Waals surface area (Å²) in [5.74, 6) is 0. The summed E-state index contributed by atoms with van der Waals surface area (Å²) in [6, 6.07) is 8.42. The normalized spacial score (nSPS) is 22.6. The lowest BCUT2D eigenvalue weighted by Gasteiger charge is -2.39. The van der Waals surface area contributed by atoms with Gasteiger partial charge in [0, 0.05) is 37.4 Å². The molecule has 1 aromatic heterocycles. The lowest BCUT2D eigenvalue weighted by Crippen LogP contribution is -2.46. The van der Waals surface area contributed by atoms with Gasteiger partial charge in [-0.2, -0.15) is 0 Å². The smallest absolute Gasteiger partial charge is 0.278 e. The highest BCUT2D eigenvalue weighted by Gasteiger charge is 2.31. The van der Waals surface area contributed by atoms with E-state index < -0.39 is 0 Å². The van der Waals surface area contributed by atoms with Crippen LogP contribution in [0, 0.1) is 10.1 Å². The minimum absolute atomic E-state index is 0.132. The van der Waals surface area contributed by atoms with Gasteiger partial charge in [0.15, 0.2) is 0 Å². The van der Waals surface area contributed by atoms with Gasteiger partial charge < -0.3 is 4.90 Å². The number of nitro groups is 1. The van der Waals surface area contributed by atoms with E-state index in [1.807, 2.05) is 6.07 Å². The summed E-state index contributed by atoms with van der Waals surface area (Å²) in [6.07, 6.45) is 6.65. The van der Waals surface area contributed by atoms with E-state index >= 15 is 0 Å². The van der Waals surface area contributed by atoms with Gasteiger partial charge in [0.1, 0.15) is 5.52 Å². The summed E-state index contributed by atoms with van der Waals surface area (Å²) in [6.45, 7) is 5.54. The fraction of sp³-hybridized carbons (Fsp3) is 0.526. The van der Waals surface area contributed by atoms with Gasteiger partial charge in [-0.05, 0) is 57.4 Å². The van der Waals surface area contributed by atoms with Crippen LogP contribution in [0.5, 0.6) is 0 Å². The van der Waals surface area contributed by atoms with E-state index in [1.54, 1.807) is 24.4 Å². The quantitative estimate of drug-likeness (QED) is 0.631. The molecule has 2 fully saturated rings. The molecule has 1 aromatic carbocycles. The molecule has 6 heteroatoms. The van der Waals surface area contributed by atoms with Crippen LogP contribution in [-0.2, 0) is 0 Å². The van der Waals surface area contributed by atoms with Crippen molar-refractivity contribution in [2.45, 2.75) is 44.7 Å². The van der Waals surface area contributed by atoms with Gasteiger partial charge in [0.2, 0.25) is 0 Å². The molecule has 2 saturated heterocycles. The molecule has 2 aromatic rings. The van der Waals surface area contributed by atoms with Gasteiger partial charge in [-0.15, -0.1) is 0 Å². The number of hydrogen-bond acceptors (Lipinski definition) is 5. The minimum Gasteiger partial charge on any atom is -0.370 e. The molecule has 0 aliphatic carbocycles. The van der Waals surface area contributed by atoms with Crippen LogP contribution in [0.15, 0.2) is 30.5 Å². The van der Waals surface area contributed by atoms with Crippen molar-refractivity contribution >= 4 is 22.3 Å². The van der Waals surface area contributed by atoms with Crippen LogP contribution in [0.4, 0.5) is 11.4 Å². The van der Waals surface area contributed by atoms with Gasteiger partial charge in [-0.25, -0.2) is 0 Å². The van der Waals surface area contributed by atoms with Crippen molar-refractivity contribution in [1.82, 2.24) is 9.88 Å². The highest BCUT2D eigenvalue weighted by Crippen LogP contribution is 2.34. The highest BCUT2D eigenvalue weighted by atomic mass is 16.6. The van der Waals surface area contributed by atoms with Crippen LogP contribution >= 0.6 is 0 Å². The van der Waals surface area contributed by atoms with Crippen molar-refractivity contribution < 1.29 is 4.92 Å². The number of nitro benzene ring substituents is 1. The van der Waals surface area contributed by atoms with E-state index in [9.17, 15) is 10.1 Å². The Bertz CT molecular complexity index is 786. The Kier molecular flexibility index (Phi) is 4.29. The van der Waals surface area contributed by atoms with Crippen molar-refractivity contribution in [3.8, 4) is 0 Å². The maximum absolute atomic E-state index is 11.3. The second-order valence-corrected chi connectivity index (χ2v) is 7.21. The van der Waals surface area contributed by atoms with Crippen LogP contribution in [0.3, 0.4) is 0 Å². The number of fused-ring (bicyclic) bond motifs is 1. The third-order valence-corrected chi connectivity index (χ3v) is 5.80. The van der Waals surface area contributed by atoms with Crippen LogP contribution in [0.25, 0.3) is 10.9 Å². The number of pyridine rings is 1. The van der Waals surface area contributed by atoms with Crippen LogP contribution in [0.1, 0.15) is 32.6 Å². The zero-order chi connectivity index (χ0) is 17.4. The number of nitrogens with zero attached hydrogens (tertiary/aromatic N) is 4. The molecule has 25 heavy (non-hydrogen) atoms. The molecule has 1 atom stereocenters. The lowest BCUT2D eigenvalue weighted by atomic mass is 10.0. The third-order valence-electron chi connectivity index (χ3n) is 5.80. The molecule has 1 unspecified atom stereocenters. The first-order valence-corrected chi connectivity index (χ1v) is 9.18. The summed E-state index contributed by atoms with van der Waals surface area (Å²) in [5, 5.41) is 11.9. The summed E-state index contributed by atoms with van der Waals surface area (Å²) < 4.78 is 0. The maximum Gasteiger partial charge on any atom is 0.278 e.